The molecule has 2 aromatic carbocycles. The van der Waals surface area contributed by atoms with Gasteiger partial charge in [0.1, 0.15) is 17.1 Å². The van der Waals surface area contributed by atoms with Crippen LogP contribution >= 0.6 is 15.9 Å². The summed E-state index contributed by atoms with van der Waals surface area (Å²) in [5, 5.41) is 3.14. The first-order chi connectivity index (χ1) is 13.0. The molecule has 0 bridgehead atoms. The largest absolute Gasteiger partial charge is 0.487 e. The van der Waals surface area contributed by atoms with Gasteiger partial charge in [-0.05, 0) is 49.6 Å². The highest BCUT2D eigenvalue weighted by Crippen LogP contribution is 2.42. The number of hydrogen-bond acceptors (Lipinski definition) is 3. The normalized spacial score (nSPS) is 17.6. The third-order valence-electron chi connectivity index (χ3n) is 5.32. The van der Waals surface area contributed by atoms with E-state index >= 15 is 0 Å². The summed E-state index contributed by atoms with van der Waals surface area (Å²) >= 11 is 3.47. The summed E-state index contributed by atoms with van der Waals surface area (Å²) in [6, 6.07) is 13.6. The molecule has 0 unspecified atom stereocenters. The van der Waals surface area contributed by atoms with Crippen LogP contribution < -0.4 is 14.8 Å². The Labute approximate surface area is 169 Å². The lowest BCUT2D eigenvalue weighted by atomic mass is 9.83. The molecule has 1 amide bonds. The minimum atomic E-state index is -0.240. The van der Waals surface area contributed by atoms with Crippen LogP contribution in [-0.4, -0.2) is 18.1 Å². The number of ether oxygens (including phenoxy) is 2. The molecule has 0 aromatic heterocycles. The van der Waals surface area contributed by atoms with Crippen LogP contribution in [-0.2, 0) is 4.79 Å². The second-order valence-electron chi connectivity index (χ2n) is 7.05. The number of amides is 1. The van der Waals surface area contributed by atoms with Crippen molar-refractivity contribution in [2.75, 3.05) is 6.61 Å². The van der Waals surface area contributed by atoms with E-state index in [1.165, 1.54) is 0 Å². The van der Waals surface area contributed by atoms with Gasteiger partial charge in [0.15, 0.2) is 6.61 Å². The highest BCUT2D eigenvalue weighted by atomic mass is 79.9. The molecule has 1 N–H and O–H groups in total. The molecule has 0 aliphatic carbocycles. The monoisotopic (exact) mass is 431 g/mol. The third-order valence-corrected chi connectivity index (χ3v) is 6.21. The second-order valence-corrected chi connectivity index (χ2v) is 7.91. The first-order valence-electron chi connectivity index (χ1n) is 9.42. The zero-order valence-corrected chi connectivity index (χ0v) is 17.6. The quantitative estimate of drug-likeness (QED) is 0.671. The minimum Gasteiger partial charge on any atom is -0.487 e. The summed E-state index contributed by atoms with van der Waals surface area (Å²) in [5.41, 5.74) is 1.86. The lowest BCUT2D eigenvalue weighted by molar-refractivity contribution is -0.124. The van der Waals surface area contributed by atoms with Gasteiger partial charge < -0.3 is 14.8 Å². The Morgan fingerprint density at radius 1 is 1.26 bits per heavy atom. The van der Waals surface area contributed by atoms with E-state index in [0.717, 1.165) is 40.6 Å². The average Bonchev–Trinajstić information content (AvgIpc) is 2.68. The second kappa shape index (κ2) is 8.34. The maximum Gasteiger partial charge on any atom is 0.258 e. The topological polar surface area (TPSA) is 47.6 Å². The van der Waals surface area contributed by atoms with Crippen LogP contribution in [0, 0.1) is 6.92 Å². The van der Waals surface area contributed by atoms with Gasteiger partial charge in [-0.25, -0.2) is 0 Å². The zero-order valence-electron chi connectivity index (χ0n) is 16.0. The van der Waals surface area contributed by atoms with Crippen molar-refractivity contribution >= 4 is 21.8 Å². The standard InChI is InChI=1S/C22H26BrNO3/c1-4-22(5-2)13-19(17-8-6-7-9-20(17)27-22)24-21(25)14-26-16-10-11-18(23)15(3)12-16/h6-12,19H,4-5,13-14H2,1-3H3,(H,24,25)/t19-/m0/s1. The van der Waals surface area contributed by atoms with E-state index in [-0.39, 0.29) is 24.2 Å². The number of rotatable bonds is 6. The summed E-state index contributed by atoms with van der Waals surface area (Å²) < 4.78 is 13.0. The van der Waals surface area contributed by atoms with Crippen molar-refractivity contribution in [3.63, 3.8) is 0 Å². The predicted octanol–water partition coefficient (Wildman–Crippen LogP) is 5.34. The number of hydrogen-bond donors (Lipinski definition) is 1. The van der Waals surface area contributed by atoms with Gasteiger partial charge in [-0.15, -0.1) is 0 Å². The van der Waals surface area contributed by atoms with Gasteiger partial charge in [0, 0.05) is 16.5 Å². The fraction of sp³-hybridized carbons (Fsp3) is 0.409. The van der Waals surface area contributed by atoms with Gasteiger partial charge in [-0.2, -0.15) is 0 Å². The summed E-state index contributed by atoms with van der Waals surface area (Å²) in [4.78, 5) is 12.5. The van der Waals surface area contributed by atoms with Gasteiger partial charge >= 0.3 is 0 Å². The molecule has 0 radical (unpaired) electrons. The lowest BCUT2D eigenvalue weighted by Gasteiger charge is -2.41. The van der Waals surface area contributed by atoms with E-state index in [1.807, 2.05) is 49.4 Å². The number of carbonyl (C=O) groups excluding carboxylic acids is 1. The van der Waals surface area contributed by atoms with Crippen LogP contribution in [0.25, 0.3) is 0 Å². The molecule has 27 heavy (non-hydrogen) atoms. The molecule has 4 nitrogen and oxygen atoms in total. The van der Waals surface area contributed by atoms with E-state index in [1.54, 1.807) is 0 Å². The van der Waals surface area contributed by atoms with E-state index in [0.29, 0.717) is 5.75 Å². The minimum absolute atomic E-state index is 0.00809. The number of benzene rings is 2. The Kier molecular flexibility index (Phi) is 6.10. The van der Waals surface area contributed by atoms with Crippen molar-refractivity contribution in [1.29, 1.82) is 0 Å². The van der Waals surface area contributed by atoms with Gasteiger partial charge in [0.2, 0.25) is 0 Å². The Bertz CT molecular complexity index is 817. The van der Waals surface area contributed by atoms with Gasteiger partial charge in [0.05, 0.1) is 6.04 Å². The maximum atomic E-state index is 12.5. The van der Waals surface area contributed by atoms with E-state index in [2.05, 4.69) is 35.1 Å². The molecule has 3 rings (SSSR count). The summed E-state index contributed by atoms with van der Waals surface area (Å²) in [7, 11) is 0. The molecule has 1 atom stereocenters. The number of halogens is 1. The summed E-state index contributed by atoms with van der Waals surface area (Å²) in [6.45, 7) is 6.25. The fourth-order valence-electron chi connectivity index (χ4n) is 3.52. The molecule has 1 aliphatic rings. The molecule has 144 valence electrons. The molecule has 0 fully saturated rings. The van der Waals surface area contributed by atoms with Crippen LogP contribution in [0.4, 0.5) is 0 Å². The number of fused-ring (bicyclic) bond motifs is 1. The van der Waals surface area contributed by atoms with Crippen molar-refractivity contribution in [3.8, 4) is 11.5 Å². The molecule has 1 heterocycles. The van der Waals surface area contributed by atoms with Crippen molar-refractivity contribution in [2.45, 2.75) is 51.7 Å². The van der Waals surface area contributed by atoms with Crippen LogP contribution in [0.2, 0.25) is 0 Å². The SMILES string of the molecule is CCC1(CC)C[C@H](NC(=O)COc2ccc(Br)c(C)c2)c2ccccc2O1. The van der Waals surface area contributed by atoms with Crippen LogP contribution in [0.3, 0.4) is 0 Å². The molecular weight excluding hydrogens is 406 g/mol. The summed E-state index contributed by atoms with van der Waals surface area (Å²) in [5.74, 6) is 1.43. The zero-order chi connectivity index (χ0) is 19.4. The predicted molar refractivity (Wildman–Crippen MR) is 110 cm³/mol. The maximum absolute atomic E-state index is 12.5. The van der Waals surface area contributed by atoms with Crippen molar-refractivity contribution < 1.29 is 14.3 Å². The van der Waals surface area contributed by atoms with Gasteiger partial charge in [-0.1, -0.05) is 48.0 Å². The van der Waals surface area contributed by atoms with Crippen LogP contribution in [0.15, 0.2) is 46.9 Å². The molecule has 2 aromatic rings. The smallest absolute Gasteiger partial charge is 0.258 e. The number of para-hydroxylation sites is 1. The third kappa shape index (κ3) is 4.46. The van der Waals surface area contributed by atoms with Crippen LogP contribution in [0.1, 0.15) is 50.3 Å². The van der Waals surface area contributed by atoms with Crippen molar-refractivity contribution in [3.05, 3.63) is 58.1 Å². The van der Waals surface area contributed by atoms with Crippen molar-refractivity contribution in [2.24, 2.45) is 0 Å². The molecular formula is C22H26BrNO3. The highest BCUT2D eigenvalue weighted by molar-refractivity contribution is 9.10. The highest BCUT2D eigenvalue weighted by Gasteiger charge is 2.38. The molecule has 0 saturated heterocycles. The Morgan fingerprint density at radius 3 is 2.70 bits per heavy atom. The van der Waals surface area contributed by atoms with E-state index in [9.17, 15) is 4.79 Å². The van der Waals surface area contributed by atoms with Gasteiger partial charge in [-0.3, -0.25) is 4.79 Å². The molecule has 1 aliphatic heterocycles. The Hall–Kier alpha value is -2.01. The van der Waals surface area contributed by atoms with Gasteiger partial charge in [0.25, 0.3) is 5.91 Å². The summed E-state index contributed by atoms with van der Waals surface area (Å²) in [6.07, 6.45) is 2.57. The van der Waals surface area contributed by atoms with E-state index in [4.69, 9.17) is 9.47 Å². The Balaban J connectivity index is 1.69. The fourth-order valence-corrected chi connectivity index (χ4v) is 3.77. The number of carbonyl (C=O) groups is 1. The average molecular weight is 432 g/mol. The molecule has 0 spiro atoms. The number of nitrogens with one attached hydrogen (secondary N) is 1. The Morgan fingerprint density at radius 2 is 2.00 bits per heavy atom. The van der Waals surface area contributed by atoms with Crippen molar-refractivity contribution in [1.82, 2.24) is 5.32 Å². The van der Waals surface area contributed by atoms with E-state index < -0.39 is 0 Å². The number of aryl methyl sites for hydroxylation is 1. The molecule has 0 saturated carbocycles. The first kappa shape index (κ1) is 19.7. The molecule has 5 heteroatoms. The first-order valence-corrected chi connectivity index (χ1v) is 10.2. The van der Waals surface area contributed by atoms with Crippen LogP contribution in [0.5, 0.6) is 11.5 Å². The lowest BCUT2D eigenvalue weighted by Crippen LogP contribution is -2.45.